The lowest BCUT2D eigenvalue weighted by atomic mass is 9.96. The van der Waals surface area contributed by atoms with E-state index >= 15 is 0 Å². The van der Waals surface area contributed by atoms with Crippen molar-refractivity contribution in [2.45, 2.75) is 19.0 Å². The number of nitrogens with one attached hydrogen (secondary N) is 1. The van der Waals surface area contributed by atoms with Crippen molar-refractivity contribution in [3.05, 3.63) is 120 Å². The molecule has 6 nitrogen and oxygen atoms in total. The molecule has 192 valence electrons. The van der Waals surface area contributed by atoms with Gasteiger partial charge in [0.2, 0.25) is 11.9 Å². The van der Waals surface area contributed by atoms with Crippen LogP contribution in [0.15, 0.2) is 114 Å². The van der Waals surface area contributed by atoms with E-state index in [1.807, 2.05) is 97.9 Å². The Hall–Kier alpha value is -4.42. The van der Waals surface area contributed by atoms with Gasteiger partial charge in [0, 0.05) is 38.9 Å². The fourth-order valence-corrected chi connectivity index (χ4v) is 4.70. The molecule has 0 aromatic heterocycles. The van der Waals surface area contributed by atoms with Crippen LogP contribution in [0.4, 0.5) is 11.4 Å². The summed E-state index contributed by atoms with van der Waals surface area (Å²) in [6.45, 7) is 0.498. The number of aliphatic imine (C=N–C) groups is 1. The van der Waals surface area contributed by atoms with Crippen LogP contribution in [-0.4, -0.2) is 43.0 Å². The highest BCUT2D eigenvalue weighted by Crippen LogP contribution is 2.40. The first-order valence-electron chi connectivity index (χ1n) is 12.8. The number of guanidine groups is 1. The highest BCUT2D eigenvalue weighted by atomic mass is 16.1. The van der Waals surface area contributed by atoms with Crippen molar-refractivity contribution >= 4 is 23.2 Å². The molecule has 5 rings (SSSR count). The van der Waals surface area contributed by atoms with Crippen LogP contribution < -0.4 is 10.2 Å². The molecule has 0 saturated carbocycles. The summed E-state index contributed by atoms with van der Waals surface area (Å²) >= 11 is 0. The zero-order valence-electron chi connectivity index (χ0n) is 22.1. The van der Waals surface area contributed by atoms with E-state index in [1.165, 1.54) is 5.56 Å². The molecule has 0 fully saturated rings. The Morgan fingerprint density at radius 2 is 1.39 bits per heavy atom. The van der Waals surface area contributed by atoms with E-state index in [4.69, 9.17) is 4.99 Å². The van der Waals surface area contributed by atoms with Crippen molar-refractivity contribution in [2.24, 2.45) is 4.99 Å². The fraction of sp³-hybridized carbons (Fsp3) is 0.188. The van der Waals surface area contributed by atoms with Crippen molar-refractivity contribution in [3.63, 3.8) is 0 Å². The largest absolute Gasteiger partial charge is 0.352 e. The van der Waals surface area contributed by atoms with Gasteiger partial charge < -0.3 is 10.2 Å². The lowest BCUT2D eigenvalue weighted by Crippen LogP contribution is -2.51. The molecule has 1 aliphatic rings. The number of rotatable bonds is 7. The molecule has 1 atom stereocenters. The number of carbonyl (C=O) groups is 1. The number of carbonyl (C=O) groups excluding carboxylic acids is 1. The minimum absolute atomic E-state index is 0.00619. The van der Waals surface area contributed by atoms with Crippen LogP contribution in [0, 0.1) is 0 Å². The van der Waals surface area contributed by atoms with Gasteiger partial charge in [-0.3, -0.25) is 9.80 Å². The van der Waals surface area contributed by atoms with E-state index in [0.717, 1.165) is 34.0 Å². The number of hydrazine groups is 1. The Balaban J connectivity index is 1.51. The van der Waals surface area contributed by atoms with Gasteiger partial charge in [0.05, 0.1) is 18.2 Å². The standard InChI is InChI=1S/C32H33N5O/c1-35(2)36(3)32-34-29-17-11-10-16-28(29)30(22-31(38)33-23-24-12-6-4-7-13-24)37(32)27-20-18-26(19-21-27)25-14-8-5-9-15-25/h4-21,30H,22-23H2,1-3H3,(H,33,38). The lowest BCUT2D eigenvalue weighted by Gasteiger charge is -2.42. The van der Waals surface area contributed by atoms with Crippen molar-refractivity contribution in [1.82, 2.24) is 15.3 Å². The monoisotopic (exact) mass is 503 g/mol. The molecule has 1 N–H and O–H groups in total. The highest BCUT2D eigenvalue weighted by Gasteiger charge is 2.35. The van der Waals surface area contributed by atoms with Crippen LogP contribution >= 0.6 is 0 Å². The van der Waals surface area contributed by atoms with E-state index in [2.05, 4.69) is 52.7 Å². The summed E-state index contributed by atoms with van der Waals surface area (Å²) in [5.41, 5.74) is 6.28. The predicted octanol–water partition coefficient (Wildman–Crippen LogP) is 6.02. The summed E-state index contributed by atoms with van der Waals surface area (Å²) in [5.74, 6) is 0.760. The number of amides is 1. The van der Waals surface area contributed by atoms with Crippen LogP contribution in [0.5, 0.6) is 0 Å². The molecule has 0 radical (unpaired) electrons. The summed E-state index contributed by atoms with van der Waals surface area (Å²) < 4.78 is 0. The van der Waals surface area contributed by atoms with Crippen molar-refractivity contribution in [1.29, 1.82) is 0 Å². The number of nitrogens with zero attached hydrogens (tertiary/aromatic N) is 4. The molecule has 0 bridgehead atoms. The van der Waals surface area contributed by atoms with Gasteiger partial charge in [-0.05, 0) is 34.9 Å². The number of hydrogen-bond acceptors (Lipinski definition) is 5. The van der Waals surface area contributed by atoms with Crippen molar-refractivity contribution in [3.8, 4) is 11.1 Å². The number of fused-ring (bicyclic) bond motifs is 1. The molecule has 1 amide bonds. The molecule has 0 spiro atoms. The number of anilines is 1. The Morgan fingerprint density at radius 1 is 0.789 bits per heavy atom. The molecular weight excluding hydrogens is 470 g/mol. The first kappa shape index (κ1) is 25.2. The molecule has 4 aromatic rings. The average Bonchev–Trinajstić information content (AvgIpc) is 2.96. The third-order valence-electron chi connectivity index (χ3n) is 6.90. The number of benzene rings is 4. The topological polar surface area (TPSA) is 51.2 Å². The molecule has 6 heteroatoms. The van der Waals surface area contributed by atoms with Gasteiger partial charge in [0.1, 0.15) is 0 Å². The maximum Gasteiger partial charge on any atom is 0.222 e. The number of para-hydroxylation sites is 1. The Labute approximate surface area is 224 Å². The predicted molar refractivity (Wildman–Crippen MR) is 155 cm³/mol. The highest BCUT2D eigenvalue weighted by molar-refractivity contribution is 6.01. The van der Waals surface area contributed by atoms with Crippen LogP contribution in [0.25, 0.3) is 11.1 Å². The summed E-state index contributed by atoms with van der Waals surface area (Å²) in [6, 6.07) is 36.7. The van der Waals surface area contributed by atoms with Gasteiger partial charge in [-0.1, -0.05) is 91.0 Å². The van der Waals surface area contributed by atoms with Gasteiger partial charge in [-0.25, -0.2) is 10.0 Å². The minimum atomic E-state index is -0.223. The third-order valence-corrected chi connectivity index (χ3v) is 6.90. The molecule has 1 unspecified atom stereocenters. The first-order chi connectivity index (χ1) is 18.5. The van der Waals surface area contributed by atoms with Crippen LogP contribution in [-0.2, 0) is 11.3 Å². The maximum atomic E-state index is 13.3. The summed E-state index contributed by atoms with van der Waals surface area (Å²) in [7, 11) is 5.97. The van der Waals surface area contributed by atoms with Gasteiger partial charge in [0.25, 0.3) is 0 Å². The van der Waals surface area contributed by atoms with Gasteiger partial charge in [-0.15, -0.1) is 0 Å². The van der Waals surface area contributed by atoms with E-state index < -0.39 is 0 Å². The average molecular weight is 504 g/mol. The molecular formula is C32H33N5O. The second kappa shape index (κ2) is 11.3. The van der Waals surface area contributed by atoms with Crippen LogP contribution in [0.1, 0.15) is 23.6 Å². The van der Waals surface area contributed by atoms with Gasteiger partial charge in [0.15, 0.2) is 0 Å². The normalized spacial score (nSPS) is 14.6. The summed E-state index contributed by atoms with van der Waals surface area (Å²) in [6.07, 6.45) is 0.296. The van der Waals surface area contributed by atoms with E-state index in [0.29, 0.717) is 13.0 Å². The zero-order valence-corrected chi connectivity index (χ0v) is 22.1. The SMILES string of the molecule is CN(C)N(C)C1=Nc2ccccc2C(CC(=O)NCc2ccccc2)N1c1ccc(-c2ccccc2)cc1. The van der Waals surface area contributed by atoms with Crippen LogP contribution in [0.3, 0.4) is 0 Å². The molecule has 1 aliphatic heterocycles. The first-order valence-corrected chi connectivity index (χ1v) is 12.8. The molecule has 0 aliphatic carbocycles. The van der Waals surface area contributed by atoms with Crippen LogP contribution in [0.2, 0.25) is 0 Å². The molecule has 4 aromatic carbocycles. The quantitative estimate of drug-likeness (QED) is 0.314. The van der Waals surface area contributed by atoms with E-state index in [9.17, 15) is 4.79 Å². The summed E-state index contributed by atoms with van der Waals surface area (Å²) in [4.78, 5) is 20.6. The lowest BCUT2D eigenvalue weighted by molar-refractivity contribution is -0.121. The minimum Gasteiger partial charge on any atom is -0.352 e. The van der Waals surface area contributed by atoms with E-state index in [-0.39, 0.29) is 11.9 Å². The molecule has 0 saturated heterocycles. The molecule has 1 heterocycles. The zero-order chi connectivity index (χ0) is 26.5. The van der Waals surface area contributed by atoms with Gasteiger partial charge in [-0.2, -0.15) is 0 Å². The Kier molecular flexibility index (Phi) is 7.52. The maximum absolute atomic E-state index is 13.3. The molecule has 38 heavy (non-hydrogen) atoms. The van der Waals surface area contributed by atoms with Crippen molar-refractivity contribution in [2.75, 3.05) is 26.0 Å². The summed E-state index contributed by atoms with van der Waals surface area (Å²) in [5, 5.41) is 7.12. The second-order valence-electron chi connectivity index (χ2n) is 9.61. The Bertz CT molecular complexity index is 1400. The second-order valence-corrected chi connectivity index (χ2v) is 9.61. The smallest absolute Gasteiger partial charge is 0.222 e. The third kappa shape index (κ3) is 5.45. The van der Waals surface area contributed by atoms with E-state index in [1.54, 1.807) is 0 Å². The number of hydrogen-bond donors (Lipinski definition) is 1. The van der Waals surface area contributed by atoms with Gasteiger partial charge >= 0.3 is 0 Å². The fourth-order valence-electron chi connectivity index (χ4n) is 4.70. The Morgan fingerprint density at radius 3 is 2.08 bits per heavy atom. The van der Waals surface area contributed by atoms with Crippen molar-refractivity contribution < 1.29 is 4.79 Å².